The van der Waals surface area contributed by atoms with Crippen LogP contribution in [0.1, 0.15) is 0 Å². The van der Waals surface area contributed by atoms with Crippen LogP contribution in [0.5, 0.6) is 5.75 Å². The molecule has 126 valence electrons. The molecule has 0 bridgehead atoms. The number of fused-ring (bicyclic) bond motifs is 1. The van der Waals surface area contributed by atoms with Crippen molar-refractivity contribution < 1.29 is 21.9 Å². The summed E-state index contributed by atoms with van der Waals surface area (Å²) in [7, 11) is -3.92. The largest absolute Gasteiger partial charge is 0.433 e. The van der Waals surface area contributed by atoms with E-state index in [-0.39, 0.29) is 15.7 Å². The molecule has 2 N–H and O–H groups in total. The van der Waals surface area contributed by atoms with Gasteiger partial charge in [0.25, 0.3) is 10.0 Å². The van der Waals surface area contributed by atoms with E-state index in [1.807, 2.05) is 0 Å². The molecule has 0 amide bonds. The van der Waals surface area contributed by atoms with Gasteiger partial charge in [-0.15, -0.1) is 0 Å². The first-order valence-corrected chi connectivity index (χ1v) is 8.55. The second-order valence-corrected chi connectivity index (χ2v) is 6.95. The van der Waals surface area contributed by atoms with Crippen molar-refractivity contribution in [2.24, 2.45) is 0 Å². The Morgan fingerprint density at radius 3 is 2.62 bits per heavy atom. The summed E-state index contributed by atoms with van der Waals surface area (Å²) >= 11 is 5.79. The van der Waals surface area contributed by atoms with E-state index >= 15 is 0 Å². The van der Waals surface area contributed by atoms with Gasteiger partial charge in [-0.1, -0.05) is 11.6 Å². The average Bonchev–Trinajstić information content (AvgIpc) is 2.96. The Balaban J connectivity index is 1.88. The van der Waals surface area contributed by atoms with E-state index < -0.39 is 16.6 Å². The highest BCUT2D eigenvalue weighted by Crippen LogP contribution is 2.29. The Hall–Kier alpha value is -2.32. The third kappa shape index (κ3) is 3.44. The van der Waals surface area contributed by atoms with Crippen molar-refractivity contribution in [3.63, 3.8) is 0 Å². The Morgan fingerprint density at radius 2 is 1.92 bits per heavy atom. The molecular formula is C15H11ClF2N2O3S. The first-order chi connectivity index (χ1) is 11.3. The molecular weight excluding hydrogens is 362 g/mol. The summed E-state index contributed by atoms with van der Waals surface area (Å²) in [5.41, 5.74) is 1.24. The topological polar surface area (TPSA) is 71.2 Å². The SMILES string of the molecule is O=S(=O)(Nc1ccc2[nH]ccc2c1)c1ccc(OC(F)F)c(Cl)c1. The zero-order chi connectivity index (χ0) is 17.3. The smallest absolute Gasteiger partial charge is 0.387 e. The number of anilines is 1. The summed E-state index contributed by atoms with van der Waals surface area (Å²) in [5.74, 6) is -0.292. The van der Waals surface area contributed by atoms with Gasteiger partial charge in [-0.3, -0.25) is 4.72 Å². The van der Waals surface area contributed by atoms with Crippen LogP contribution >= 0.6 is 11.6 Å². The lowest BCUT2D eigenvalue weighted by Crippen LogP contribution is -2.13. The number of aromatic amines is 1. The Morgan fingerprint density at radius 1 is 1.12 bits per heavy atom. The van der Waals surface area contributed by atoms with Crippen LogP contribution in [-0.2, 0) is 10.0 Å². The van der Waals surface area contributed by atoms with Crippen LogP contribution in [0.25, 0.3) is 10.9 Å². The van der Waals surface area contributed by atoms with E-state index in [1.54, 1.807) is 30.5 Å². The first kappa shape index (κ1) is 16.5. The van der Waals surface area contributed by atoms with E-state index in [9.17, 15) is 17.2 Å². The predicted octanol–water partition coefficient (Wildman–Crippen LogP) is 4.22. The highest BCUT2D eigenvalue weighted by atomic mass is 35.5. The molecule has 0 aliphatic carbocycles. The van der Waals surface area contributed by atoms with Gasteiger partial charge in [-0.05, 0) is 42.5 Å². The molecule has 0 radical (unpaired) electrons. The van der Waals surface area contributed by atoms with E-state index in [0.29, 0.717) is 5.69 Å². The minimum atomic E-state index is -3.92. The molecule has 0 spiro atoms. The fourth-order valence-electron chi connectivity index (χ4n) is 2.17. The van der Waals surface area contributed by atoms with Crippen molar-refractivity contribution in [1.29, 1.82) is 0 Å². The van der Waals surface area contributed by atoms with Gasteiger partial charge in [-0.25, -0.2) is 8.42 Å². The summed E-state index contributed by atoms with van der Waals surface area (Å²) in [5, 5.41) is 0.619. The second-order valence-electron chi connectivity index (χ2n) is 4.86. The third-order valence-corrected chi connectivity index (χ3v) is 4.91. The lowest BCUT2D eigenvalue weighted by molar-refractivity contribution is -0.0498. The maximum absolute atomic E-state index is 12.4. The van der Waals surface area contributed by atoms with E-state index in [1.165, 1.54) is 0 Å². The van der Waals surface area contributed by atoms with E-state index in [2.05, 4.69) is 14.4 Å². The van der Waals surface area contributed by atoms with Gasteiger partial charge >= 0.3 is 6.61 Å². The Kier molecular flexibility index (Phi) is 4.33. The average molecular weight is 373 g/mol. The summed E-state index contributed by atoms with van der Waals surface area (Å²) in [6, 6.07) is 10.1. The number of hydrogen-bond acceptors (Lipinski definition) is 3. The van der Waals surface area contributed by atoms with Crippen LogP contribution in [0, 0.1) is 0 Å². The van der Waals surface area contributed by atoms with Gasteiger partial charge in [0.05, 0.1) is 9.92 Å². The van der Waals surface area contributed by atoms with Crippen LogP contribution in [0.3, 0.4) is 0 Å². The number of nitrogens with one attached hydrogen (secondary N) is 2. The number of benzene rings is 2. The standard InChI is InChI=1S/C15H11ClF2N2O3S/c16-12-8-11(2-4-14(12)23-15(17)18)24(21,22)20-10-1-3-13-9(7-10)5-6-19-13/h1-8,15,19-20H. The van der Waals surface area contributed by atoms with Gasteiger partial charge in [0.1, 0.15) is 5.75 Å². The number of halogens is 3. The molecule has 0 atom stereocenters. The zero-order valence-corrected chi connectivity index (χ0v) is 13.5. The summed E-state index contributed by atoms with van der Waals surface area (Å²) < 4.78 is 55.8. The summed E-state index contributed by atoms with van der Waals surface area (Å²) in [6.07, 6.45) is 1.74. The van der Waals surface area contributed by atoms with Crippen molar-refractivity contribution in [1.82, 2.24) is 4.98 Å². The lowest BCUT2D eigenvalue weighted by Gasteiger charge is -2.11. The molecule has 0 fully saturated rings. The molecule has 0 aliphatic rings. The lowest BCUT2D eigenvalue weighted by atomic mass is 10.2. The van der Waals surface area contributed by atoms with Gasteiger partial charge in [0.15, 0.2) is 0 Å². The molecule has 1 heterocycles. The zero-order valence-electron chi connectivity index (χ0n) is 12.0. The maximum Gasteiger partial charge on any atom is 0.387 e. The predicted molar refractivity (Wildman–Crippen MR) is 87.2 cm³/mol. The fourth-order valence-corrected chi connectivity index (χ4v) is 3.54. The maximum atomic E-state index is 12.4. The monoisotopic (exact) mass is 372 g/mol. The first-order valence-electron chi connectivity index (χ1n) is 6.69. The number of sulfonamides is 1. The normalized spacial score (nSPS) is 11.8. The van der Waals surface area contributed by atoms with Gasteiger partial charge in [0, 0.05) is 22.8 Å². The van der Waals surface area contributed by atoms with Crippen molar-refractivity contribution in [3.05, 3.63) is 53.7 Å². The van der Waals surface area contributed by atoms with E-state index in [4.69, 9.17) is 11.6 Å². The molecule has 0 saturated carbocycles. The Bertz CT molecular complexity index is 989. The molecule has 5 nitrogen and oxygen atoms in total. The third-order valence-electron chi connectivity index (χ3n) is 3.24. The summed E-state index contributed by atoms with van der Waals surface area (Å²) in [6.45, 7) is -3.05. The van der Waals surface area contributed by atoms with Crippen LogP contribution in [-0.4, -0.2) is 20.0 Å². The van der Waals surface area contributed by atoms with Crippen LogP contribution < -0.4 is 9.46 Å². The number of aromatic nitrogens is 1. The molecule has 3 aromatic rings. The van der Waals surface area contributed by atoms with Crippen molar-refractivity contribution in [3.8, 4) is 5.75 Å². The number of alkyl halides is 2. The van der Waals surface area contributed by atoms with Gasteiger partial charge in [-0.2, -0.15) is 8.78 Å². The fraction of sp³-hybridized carbons (Fsp3) is 0.0667. The number of H-pyrrole nitrogens is 1. The molecule has 3 rings (SSSR count). The van der Waals surface area contributed by atoms with Crippen LogP contribution in [0.2, 0.25) is 5.02 Å². The Labute approximate surface area is 141 Å². The van der Waals surface area contributed by atoms with Crippen LogP contribution in [0.4, 0.5) is 14.5 Å². The van der Waals surface area contributed by atoms with Gasteiger partial charge in [0.2, 0.25) is 0 Å². The minimum Gasteiger partial charge on any atom is -0.433 e. The minimum absolute atomic E-state index is 0.164. The van der Waals surface area contributed by atoms with Crippen molar-refractivity contribution in [2.75, 3.05) is 4.72 Å². The molecule has 1 aromatic heterocycles. The number of ether oxygens (including phenoxy) is 1. The van der Waals surface area contributed by atoms with E-state index in [0.717, 1.165) is 29.1 Å². The summed E-state index contributed by atoms with van der Waals surface area (Å²) in [4.78, 5) is 2.84. The molecule has 0 unspecified atom stereocenters. The highest BCUT2D eigenvalue weighted by Gasteiger charge is 2.18. The molecule has 0 aliphatic heterocycles. The van der Waals surface area contributed by atoms with Gasteiger partial charge < -0.3 is 9.72 Å². The number of rotatable bonds is 5. The highest BCUT2D eigenvalue weighted by molar-refractivity contribution is 7.92. The van der Waals surface area contributed by atoms with Crippen molar-refractivity contribution in [2.45, 2.75) is 11.5 Å². The molecule has 24 heavy (non-hydrogen) atoms. The molecule has 9 heteroatoms. The second kappa shape index (κ2) is 6.29. The van der Waals surface area contributed by atoms with Crippen LogP contribution in [0.15, 0.2) is 53.6 Å². The number of hydrogen-bond donors (Lipinski definition) is 2. The molecule has 2 aromatic carbocycles. The molecule has 0 saturated heterocycles. The quantitative estimate of drug-likeness (QED) is 0.704. The van der Waals surface area contributed by atoms with Crippen molar-refractivity contribution >= 4 is 38.2 Å².